The van der Waals surface area contributed by atoms with Gasteiger partial charge in [0, 0.05) is 39.0 Å². The second-order valence-corrected chi connectivity index (χ2v) is 7.22. The molecule has 0 aromatic heterocycles. The van der Waals surface area contributed by atoms with E-state index in [2.05, 4.69) is 5.32 Å². The van der Waals surface area contributed by atoms with Crippen LogP contribution in [0.1, 0.15) is 38.5 Å². The Morgan fingerprint density at radius 2 is 1.12 bits per heavy atom. The first-order valence-electron chi connectivity index (χ1n) is 9.91. The molecule has 2 amide bonds. The number of carboxylic acid groups (broad SMARTS) is 3. The van der Waals surface area contributed by atoms with Crippen LogP contribution in [0.25, 0.3) is 0 Å². The molecule has 2 atom stereocenters. The lowest BCUT2D eigenvalue weighted by atomic mass is 10.2. The van der Waals surface area contributed by atoms with Crippen LogP contribution in [-0.2, 0) is 24.0 Å². The van der Waals surface area contributed by atoms with Gasteiger partial charge in [0.25, 0.3) is 0 Å². The number of hydrogen-bond donors (Lipinski definition) is 4. The first-order chi connectivity index (χ1) is 14.9. The number of alkyl halides is 3. The minimum absolute atomic E-state index is 0.180. The number of amides is 2. The van der Waals surface area contributed by atoms with Crippen molar-refractivity contribution < 1.29 is 52.5 Å². The smallest absolute Gasteiger partial charge is 0.480 e. The van der Waals surface area contributed by atoms with Gasteiger partial charge in [-0.15, -0.1) is 0 Å². The summed E-state index contributed by atoms with van der Waals surface area (Å²) in [6.07, 6.45) is -2.34. The molecule has 2 saturated heterocycles. The summed E-state index contributed by atoms with van der Waals surface area (Å²) in [4.78, 5) is 58.0. The fraction of sp³-hybridized carbons (Fsp3) is 0.722. The van der Waals surface area contributed by atoms with Gasteiger partial charge in [0.05, 0.1) is 0 Å². The minimum atomic E-state index is -5.08. The van der Waals surface area contributed by atoms with E-state index >= 15 is 0 Å². The number of halogens is 3. The maximum absolute atomic E-state index is 12.1. The van der Waals surface area contributed by atoms with Crippen molar-refractivity contribution in [2.24, 2.45) is 0 Å². The average Bonchev–Trinajstić information content (AvgIpc) is 3.36. The fourth-order valence-electron chi connectivity index (χ4n) is 3.45. The van der Waals surface area contributed by atoms with Gasteiger partial charge in [0.2, 0.25) is 11.8 Å². The molecule has 0 saturated carbocycles. The Labute approximate surface area is 181 Å². The number of carboxylic acids is 3. The summed E-state index contributed by atoms with van der Waals surface area (Å²) in [5, 5.41) is 28.3. The molecular formula is C18H26F3N3O8. The highest BCUT2D eigenvalue weighted by molar-refractivity contribution is 5.85. The second-order valence-electron chi connectivity index (χ2n) is 7.22. The lowest BCUT2D eigenvalue weighted by Gasteiger charge is -2.22. The third kappa shape index (κ3) is 8.32. The Balaban J connectivity index is 0.000000633. The third-order valence-electron chi connectivity index (χ3n) is 4.99. The van der Waals surface area contributed by atoms with Crippen LogP contribution < -0.4 is 5.32 Å². The Morgan fingerprint density at radius 1 is 0.781 bits per heavy atom. The summed E-state index contributed by atoms with van der Waals surface area (Å²) in [7, 11) is 0. The molecule has 0 unspecified atom stereocenters. The van der Waals surface area contributed by atoms with Crippen LogP contribution in [0.3, 0.4) is 0 Å². The molecule has 4 N–H and O–H groups in total. The van der Waals surface area contributed by atoms with E-state index in [0.717, 1.165) is 0 Å². The maximum atomic E-state index is 12.1. The predicted molar refractivity (Wildman–Crippen MR) is 101 cm³/mol. The number of likely N-dealkylation sites (tertiary alicyclic amines) is 2. The molecule has 2 rings (SSSR count). The SMILES string of the molecule is O=C(O)C(F)(F)F.O=C(O)[C@H]1CCCN1C(=O)CCNCCC(=O)N1CCC[C@@H]1C(=O)O. The largest absolute Gasteiger partial charge is 0.490 e. The highest BCUT2D eigenvalue weighted by Crippen LogP contribution is 2.19. The van der Waals surface area contributed by atoms with Crippen molar-refractivity contribution in [1.29, 1.82) is 0 Å². The molecule has 2 heterocycles. The molecule has 0 aromatic rings. The topological polar surface area (TPSA) is 165 Å². The number of carbonyl (C=O) groups is 5. The van der Waals surface area contributed by atoms with Crippen molar-refractivity contribution in [2.75, 3.05) is 26.2 Å². The highest BCUT2D eigenvalue weighted by atomic mass is 19.4. The zero-order chi connectivity index (χ0) is 24.5. The van der Waals surface area contributed by atoms with Gasteiger partial charge >= 0.3 is 24.1 Å². The lowest BCUT2D eigenvalue weighted by Crippen LogP contribution is -2.42. The quantitative estimate of drug-likeness (QED) is 0.362. The molecule has 14 heteroatoms. The van der Waals surface area contributed by atoms with Crippen molar-refractivity contribution in [3.63, 3.8) is 0 Å². The summed E-state index contributed by atoms with van der Waals surface area (Å²) in [5.41, 5.74) is 0. The molecule has 0 radical (unpaired) electrons. The van der Waals surface area contributed by atoms with Crippen molar-refractivity contribution >= 4 is 29.7 Å². The zero-order valence-electron chi connectivity index (χ0n) is 17.1. The van der Waals surface area contributed by atoms with E-state index in [1.165, 1.54) is 9.80 Å². The van der Waals surface area contributed by atoms with Crippen LogP contribution in [0.15, 0.2) is 0 Å². The number of aliphatic carboxylic acids is 3. The number of carbonyl (C=O) groups excluding carboxylic acids is 2. The van der Waals surface area contributed by atoms with Gasteiger partial charge < -0.3 is 30.4 Å². The minimum Gasteiger partial charge on any atom is -0.480 e. The molecule has 2 fully saturated rings. The second kappa shape index (κ2) is 12.2. The monoisotopic (exact) mass is 469 g/mol. The molecule has 0 aliphatic carbocycles. The fourth-order valence-corrected chi connectivity index (χ4v) is 3.45. The Kier molecular flexibility index (Phi) is 10.4. The van der Waals surface area contributed by atoms with E-state index in [1.54, 1.807) is 0 Å². The molecule has 11 nitrogen and oxygen atoms in total. The van der Waals surface area contributed by atoms with Crippen molar-refractivity contribution in [3.05, 3.63) is 0 Å². The van der Waals surface area contributed by atoms with Crippen LogP contribution in [0.4, 0.5) is 13.2 Å². The average molecular weight is 469 g/mol. The molecule has 0 spiro atoms. The van der Waals surface area contributed by atoms with E-state index in [-0.39, 0.29) is 24.7 Å². The Morgan fingerprint density at radius 3 is 1.41 bits per heavy atom. The Bertz CT molecular complexity index is 670. The first kappa shape index (κ1) is 27.1. The van der Waals surface area contributed by atoms with Gasteiger partial charge in [-0.3, -0.25) is 9.59 Å². The molecule has 32 heavy (non-hydrogen) atoms. The van der Waals surface area contributed by atoms with E-state index < -0.39 is 36.2 Å². The maximum Gasteiger partial charge on any atom is 0.490 e. The third-order valence-corrected chi connectivity index (χ3v) is 4.99. The molecule has 182 valence electrons. The van der Waals surface area contributed by atoms with Crippen molar-refractivity contribution in [3.8, 4) is 0 Å². The van der Waals surface area contributed by atoms with Crippen LogP contribution >= 0.6 is 0 Å². The van der Waals surface area contributed by atoms with Gasteiger partial charge in [0.15, 0.2) is 0 Å². The van der Waals surface area contributed by atoms with E-state index in [1.807, 2.05) is 0 Å². The zero-order valence-corrected chi connectivity index (χ0v) is 17.1. The number of nitrogens with zero attached hydrogens (tertiary/aromatic N) is 2. The molecule has 2 aliphatic heterocycles. The van der Waals surface area contributed by atoms with Gasteiger partial charge in [-0.05, 0) is 25.7 Å². The Hall–Kier alpha value is -2.90. The number of hydrogen-bond acceptors (Lipinski definition) is 6. The normalized spacial score (nSPS) is 20.5. The van der Waals surface area contributed by atoms with Gasteiger partial charge in [-0.1, -0.05) is 0 Å². The van der Waals surface area contributed by atoms with Crippen molar-refractivity contribution in [2.45, 2.75) is 56.8 Å². The molecular weight excluding hydrogens is 443 g/mol. The highest BCUT2D eigenvalue weighted by Gasteiger charge is 2.38. The summed E-state index contributed by atoms with van der Waals surface area (Å²) in [6.45, 7) is 1.66. The van der Waals surface area contributed by atoms with E-state index in [9.17, 15) is 32.3 Å². The van der Waals surface area contributed by atoms with Gasteiger partial charge in [-0.2, -0.15) is 13.2 Å². The van der Waals surface area contributed by atoms with E-state index in [0.29, 0.717) is 51.9 Å². The van der Waals surface area contributed by atoms with Crippen LogP contribution in [0.2, 0.25) is 0 Å². The van der Waals surface area contributed by atoms with Crippen LogP contribution in [-0.4, -0.2) is 99.3 Å². The number of rotatable bonds is 8. The van der Waals surface area contributed by atoms with Gasteiger partial charge in [-0.25, -0.2) is 14.4 Å². The first-order valence-corrected chi connectivity index (χ1v) is 9.91. The molecule has 2 aliphatic rings. The molecule has 0 aromatic carbocycles. The predicted octanol–water partition coefficient (Wildman–Crippen LogP) is 0.141. The number of nitrogens with one attached hydrogen (secondary N) is 1. The summed E-state index contributed by atoms with van der Waals surface area (Å²) in [5.74, 6) is -5.10. The molecule has 0 bridgehead atoms. The summed E-state index contributed by atoms with van der Waals surface area (Å²) >= 11 is 0. The lowest BCUT2D eigenvalue weighted by molar-refractivity contribution is -0.192. The van der Waals surface area contributed by atoms with Crippen molar-refractivity contribution in [1.82, 2.24) is 15.1 Å². The van der Waals surface area contributed by atoms with E-state index in [4.69, 9.17) is 20.1 Å². The van der Waals surface area contributed by atoms with Crippen LogP contribution in [0, 0.1) is 0 Å². The summed E-state index contributed by atoms with van der Waals surface area (Å²) < 4.78 is 31.7. The summed E-state index contributed by atoms with van der Waals surface area (Å²) in [6, 6.07) is -1.45. The van der Waals surface area contributed by atoms with Crippen LogP contribution in [0.5, 0.6) is 0 Å². The standard InChI is InChI=1S/C16H25N3O6.C2HF3O2/c20-13(18-9-1-3-11(18)15(22)23)5-7-17-8-6-14(21)19-10-2-4-12(19)16(24)25;3-2(4,5)1(6)7/h11-12,17H,1-10H2,(H,22,23)(H,24,25);(H,6,7)/t11-,12-;/m1./s1. The van der Waals surface area contributed by atoms with Gasteiger partial charge in [0.1, 0.15) is 12.1 Å².